The molecule has 0 aliphatic heterocycles. The second-order valence-electron chi connectivity index (χ2n) is 5.92. The topological polar surface area (TPSA) is 29.5 Å². The molecule has 5 rings (SSSR count). The fraction of sp³-hybridized carbons (Fsp3) is 0.333. The second kappa shape index (κ2) is 4.18. The summed E-state index contributed by atoms with van der Waals surface area (Å²) in [6, 6.07) is 17.2. The zero-order valence-corrected chi connectivity index (χ0v) is 11.5. The molecule has 0 atom stereocenters. The molecule has 1 N–H and O–H groups in total. The van der Waals surface area contributed by atoms with Gasteiger partial charge in [-0.25, -0.2) is 0 Å². The average molecular weight is 266 g/mol. The molecule has 0 aromatic heterocycles. The SMILES string of the molecule is COC1(O)CC2c3ccccc3C(C1)c1ccccc12. The lowest BCUT2D eigenvalue weighted by Gasteiger charge is -2.29. The number of aliphatic hydroxyl groups is 1. The fourth-order valence-corrected chi connectivity index (χ4v) is 3.95. The minimum absolute atomic E-state index is 0.228. The van der Waals surface area contributed by atoms with Crippen molar-refractivity contribution in [3.63, 3.8) is 0 Å². The third-order valence-electron chi connectivity index (χ3n) is 4.92. The van der Waals surface area contributed by atoms with Gasteiger partial charge in [-0.1, -0.05) is 48.5 Å². The van der Waals surface area contributed by atoms with Crippen molar-refractivity contribution in [3.05, 3.63) is 70.8 Å². The molecule has 0 radical (unpaired) electrons. The van der Waals surface area contributed by atoms with E-state index < -0.39 is 5.79 Å². The molecule has 2 heteroatoms. The van der Waals surface area contributed by atoms with E-state index in [1.54, 1.807) is 7.11 Å². The predicted octanol–water partition coefficient (Wildman–Crippen LogP) is 3.39. The summed E-state index contributed by atoms with van der Waals surface area (Å²) in [4.78, 5) is 0. The summed E-state index contributed by atoms with van der Waals surface area (Å²) in [5.41, 5.74) is 5.40. The Morgan fingerprint density at radius 2 is 1.20 bits per heavy atom. The molecule has 2 nitrogen and oxygen atoms in total. The van der Waals surface area contributed by atoms with E-state index in [1.807, 2.05) is 0 Å². The Hall–Kier alpha value is -1.64. The Kier molecular flexibility index (Phi) is 2.53. The Morgan fingerprint density at radius 1 is 0.850 bits per heavy atom. The zero-order valence-electron chi connectivity index (χ0n) is 11.5. The van der Waals surface area contributed by atoms with E-state index in [0.29, 0.717) is 12.8 Å². The van der Waals surface area contributed by atoms with E-state index in [9.17, 15) is 5.11 Å². The van der Waals surface area contributed by atoms with Crippen LogP contribution in [0.5, 0.6) is 0 Å². The van der Waals surface area contributed by atoms with Gasteiger partial charge in [-0.15, -0.1) is 0 Å². The fourth-order valence-electron chi connectivity index (χ4n) is 3.95. The van der Waals surface area contributed by atoms with Crippen molar-refractivity contribution in [2.24, 2.45) is 0 Å². The van der Waals surface area contributed by atoms with Crippen LogP contribution >= 0.6 is 0 Å². The van der Waals surface area contributed by atoms with Crippen molar-refractivity contribution in [2.45, 2.75) is 30.5 Å². The van der Waals surface area contributed by atoms with Crippen molar-refractivity contribution in [1.82, 2.24) is 0 Å². The van der Waals surface area contributed by atoms with Crippen LogP contribution in [0.15, 0.2) is 48.5 Å². The number of hydrogen-bond acceptors (Lipinski definition) is 2. The number of fused-ring (bicyclic) bond motifs is 2. The molecule has 0 heterocycles. The average Bonchev–Trinajstić information content (AvgIpc) is 2.72. The summed E-state index contributed by atoms with van der Waals surface area (Å²) < 4.78 is 5.46. The third kappa shape index (κ3) is 1.58. The molecule has 20 heavy (non-hydrogen) atoms. The molecule has 3 aliphatic rings. The monoisotopic (exact) mass is 266 g/mol. The van der Waals surface area contributed by atoms with Crippen LogP contribution in [-0.2, 0) is 4.74 Å². The van der Waals surface area contributed by atoms with Crippen LogP contribution in [0.2, 0.25) is 0 Å². The predicted molar refractivity (Wildman–Crippen MR) is 77.8 cm³/mol. The Balaban J connectivity index is 1.98. The molecule has 102 valence electrons. The molecule has 0 spiro atoms. The Bertz CT molecular complexity index is 562. The smallest absolute Gasteiger partial charge is 0.166 e. The van der Waals surface area contributed by atoms with Crippen molar-refractivity contribution < 1.29 is 9.84 Å². The van der Waals surface area contributed by atoms with Gasteiger partial charge in [0.15, 0.2) is 5.79 Å². The quantitative estimate of drug-likeness (QED) is 0.802. The molecule has 3 aliphatic carbocycles. The summed E-state index contributed by atoms with van der Waals surface area (Å²) in [6.07, 6.45) is 1.27. The van der Waals surface area contributed by atoms with Gasteiger partial charge in [0.1, 0.15) is 0 Å². The van der Waals surface area contributed by atoms with Gasteiger partial charge in [-0.3, -0.25) is 0 Å². The maximum Gasteiger partial charge on any atom is 0.166 e. The van der Waals surface area contributed by atoms with Crippen molar-refractivity contribution in [1.29, 1.82) is 0 Å². The molecule has 2 bridgehead atoms. The molecule has 0 amide bonds. The van der Waals surface area contributed by atoms with E-state index in [1.165, 1.54) is 22.3 Å². The first-order valence-corrected chi connectivity index (χ1v) is 7.17. The third-order valence-corrected chi connectivity index (χ3v) is 4.92. The number of methoxy groups -OCH3 is 1. The van der Waals surface area contributed by atoms with Gasteiger partial charge in [0.25, 0.3) is 0 Å². The number of benzene rings is 2. The van der Waals surface area contributed by atoms with E-state index in [2.05, 4.69) is 48.5 Å². The first kappa shape index (κ1) is 12.1. The lowest BCUT2D eigenvalue weighted by Crippen LogP contribution is -2.32. The summed E-state index contributed by atoms with van der Waals surface area (Å²) >= 11 is 0. The van der Waals surface area contributed by atoms with Gasteiger partial charge in [-0.05, 0) is 22.3 Å². The minimum atomic E-state index is -1.03. The molecule has 0 fully saturated rings. The van der Waals surface area contributed by atoms with Crippen LogP contribution < -0.4 is 0 Å². The lowest BCUT2D eigenvalue weighted by atomic mass is 9.74. The van der Waals surface area contributed by atoms with Crippen LogP contribution in [0.25, 0.3) is 0 Å². The second-order valence-corrected chi connectivity index (χ2v) is 5.92. The van der Waals surface area contributed by atoms with Crippen LogP contribution in [0, 0.1) is 0 Å². The molecular weight excluding hydrogens is 248 g/mol. The minimum Gasteiger partial charge on any atom is -0.365 e. The summed E-state index contributed by atoms with van der Waals surface area (Å²) in [5.74, 6) is -0.579. The number of rotatable bonds is 1. The van der Waals surface area contributed by atoms with E-state index in [-0.39, 0.29) is 11.8 Å². The van der Waals surface area contributed by atoms with Gasteiger partial charge < -0.3 is 9.84 Å². The van der Waals surface area contributed by atoms with Crippen LogP contribution in [0.3, 0.4) is 0 Å². The van der Waals surface area contributed by atoms with Gasteiger partial charge in [0.2, 0.25) is 0 Å². The molecule has 0 saturated heterocycles. The summed E-state index contributed by atoms with van der Waals surface area (Å²) in [5, 5.41) is 10.8. The van der Waals surface area contributed by atoms with Crippen molar-refractivity contribution in [3.8, 4) is 0 Å². The first-order valence-electron chi connectivity index (χ1n) is 7.17. The molecule has 2 aromatic carbocycles. The van der Waals surface area contributed by atoms with E-state index in [0.717, 1.165) is 0 Å². The highest BCUT2D eigenvalue weighted by Crippen LogP contribution is 2.53. The molecular formula is C18H18O2. The maximum atomic E-state index is 10.8. The molecule has 2 aromatic rings. The van der Waals surface area contributed by atoms with Crippen LogP contribution in [0.4, 0.5) is 0 Å². The highest BCUT2D eigenvalue weighted by Gasteiger charge is 2.45. The van der Waals surface area contributed by atoms with Gasteiger partial charge in [-0.2, -0.15) is 0 Å². The number of ether oxygens (including phenoxy) is 1. The zero-order chi connectivity index (χ0) is 13.7. The highest BCUT2D eigenvalue weighted by atomic mass is 16.6. The van der Waals surface area contributed by atoms with Crippen LogP contribution in [0.1, 0.15) is 46.9 Å². The standard InChI is InChI=1S/C18H18O2/c1-20-18(19)10-16-12-6-2-3-7-13(12)17(11-18)15-9-5-4-8-14(15)16/h2-9,16-17,19H,10-11H2,1H3. The van der Waals surface area contributed by atoms with E-state index >= 15 is 0 Å². The molecule has 0 unspecified atom stereocenters. The summed E-state index contributed by atoms with van der Waals surface area (Å²) in [7, 11) is 1.61. The normalized spacial score (nSPS) is 30.5. The Morgan fingerprint density at radius 3 is 1.50 bits per heavy atom. The Labute approximate surface area is 119 Å². The maximum absolute atomic E-state index is 10.8. The molecule has 0 saturated carbocycles. The number of hydrogen-bond donors (Lipinski definition) is 1. The first-order chi connectivity index (χ1) is 9.72. The summed E-state index contributed by atoms with van der Waals surface area (Å²) in [6.45, 7) is 0. The van der Waals surface area contributed by atoms with E-state index in [4.69, 9.17) is 4.74 Å². The van der Waals surface area contributed by atoms with Gasteiger partial charge >= 0.3 is 0 Å². The van der Waals surface area contributed by atoms with Gasteiger partial charge in [0, 0.05) is 31.8 Å². The highest BCUT2D eigenvalue weighted by molar-refractivity contribution is 5.54. The van der Waals surface area contributed by atoms with Crippen molar-refractivity contribution in [2.75, 3.05) is 7.11 Å². The van der Waals surface area contributed by atoms with Gasteiger partial charge in [0.05, 0.1) is 0 Å². The largest absolute Gasteiger partial charge is 0.365 e. The van der Waals surface area contributed by atoms with Crippen molar-refractivity contribution >= 4 is 0 Å². The van der Waals surface area contributed by atoms with Crippen LogP contribution in [-0.4, -0.2) is 18.0 Å². The lowest BCUT2D eigenvalue weighted by molar-refractivity contribution is -0.194.